The lowest BCUT2D eigenvalue weighted by Gasteiger charge is -2.09. The van der Waals surface area contributed by atoms with Crippen LogP contribution < -0.4 is 5.32 Å². The number of hydrogen-bond acceptors (Lipinski definition) is 6. The summed E-state index contributed by atoms with van der Waals surface area (Å²) in [4.78, 5) is 12.4. The van der Waals surface area contributed by atoms with Crippen molar-refractivity contribution in [2.45, 2.75) is 18.6 Å². The zero-order chi connectivity index (χ0) is 20.2. The lowest BCUT2D eigenvalue weighted by atomic mass is 10.2. The van der Waals surface area contributed by atoms with Crippen LogP contribution in [-0.2, 0) is 11.3 Å². The fraction of sp³-hybridized carbons (Fsp3) is 0.150. The maximum Gasteiger partial charge on any atom is 0.234 e. The number of amides is 1. The van der Waals surface area contributed by atoms with E-state index in [4.69, 9.17) is 20.4 Å². The van der Waals surface area contributed by atoms with Crippen molar-refractivity contribution in [3.63, 3.8) is 0 Å². The number of aryl methyl sites for hydroxylation is 1. The van der Waals surface area contributed by atoms with Gasteiger partial charge in [0.15, 0.2) is 10.9 Å². The van der Waals surface area contributed by atoms with Gasteiger partial charge in [-0.2, -0.15) is 0 Å². The van der Waals surface area contributed by atoms with E-state index in [9.17, 15) is 4.79 Å². The van der Waals surface area contributed by atoms with E-state index in [2.05, 4.69) is 15.5 Å². The fourth-order valence-electron chi connectivity index (χ4n) is 2.73. The molecule has 3 heterocycles. The number of benzene rings is 1. The van der Waals surface area contributed by atoms with Gasteiger partial charge in [0.2, 0.25) is 11.7 Å². The first-order valence-electron chi connectivity index (χ1n) is 8.78. The number of furan rings is 2. The molecule has 0 radical (unpaired) electrons. The molecular weight excluding hydrogens is 412 g/mol. The first kappa shape index (κ1) is 19.4. The number of anilines is 1. The van der Waals surface area contributed by atoms with E-state index < -0.39 is 0 Å². The molecule has 0 fully saturated rings. The van der Waals surface area contributed by atoms with Crippen LogP contribution in [-0.4, -0.2) is 26.4 Å². The van der Waals surface area contributed by atoms with Crippen molar-refractivity contribution >= 4 is 35.0 Å². The fourth-order valence-corrected chi connectivity index (χ4v) is 3.64. The van der Waals surface area contributed by atoms with E-state index in [1.807, 2.05) is 35.8 Å². The zero-order valence-corrected chi connectivity index (χ0v) is 17.0. The lowest BCUT2D eigenvalue weighted by Crippen LogP contribution is -2.15. The van der Waals surface area contributed by atoms with Gasteiger partial charge in [0.05, 0.1) is 24.8 Å². The first-order valence-corrected chi connectivity index (χ1v) is 10.1. The summed E-state index contributed by atoms with van der Waals surface area (Å²) >= 11 is 7.30. The van der Waals surface area contributed by atoms with Crippen LogP contribution in [0.3, 0.4) is 0 Å². The molecule has 0 aliphatic heterocycles. The smallest absolute Gasteiger partial charge is 0.234 e. The molecule has 0 saturated carbocycles. The average Bonchev–Trinajstić information content (AvgIpc) is 3.45. The molecule has 0 aliphatic rings. The summed E-state index contributed by atoms with van der Waals surface area (Å²) in [6.07, 6.45) is 3.19. The number of halogens is 1. The molecule has 3 aromatic heterocycles. The van der Waals surface area contributed by atoms with Gasteiger partial charge in [-0.15, -0.1) is 10.2 Å². The number of carbonyl (C=O) groups is 1. The summed E-state index contributed by atoms with van der Waals surface area (Å²) in [6.45, 7) is 2.34. The number of hydrogen-bond donors (Lipinski definition) is 1. The van der Waals surface area contributed by atoms with Crippen molar-refractivity contribution in [3.05, 3.63) is 71.3 Å². The SMILES string of the molecule is Cc1ccc(Cl)cc1NC(=O)CSc1nnc(-c2ccco2)n1Cc1ccco1. The summed E-state index contributed by atoms with van der Waals surface area (Å²) in [6, 6.07) is 12.7. The van der Waals surface area contributed by atoms with Gasteiger partial charge in [-0.1, -0.05) is 29.4 Å². The van der Waals surface area contributed by atoms with Crippen molar-refractivity contribution in [2.24, 2.45) is 0 Å². The monoisotopic (exact) mass is 428 g/mol. The Morgan fingerprint density at radius 1 is 1.17 bits per heavy atom. The Labute approximate surface area is 176 Å². The predicted molar refractivity (Wildman–Crippen MR) is 111 cm³/mol. The van der Waals surface area contributed by atoms with Gasteiger partial charge < -0.3 is 14.2 Å². The van der Waals surface area contributed by atoms with Crippen molar-refractivity contribution in [3.8, 4) is 11.6 Å². The number of aromatic nitrogens is 3. The Bertz CT molecular complexity index is 1110. The molecule has 0 unspecified atom stereocenters. The summed E-state index contributed by atoms with van der Waals surface area (Å²) in [5, 5.41) is 12.5. The highest BCUT2D eigenvalue weighted by molar-refractivity contribution is 7.99. The molecule has 0 saturated heterocycles. The second-order valence-corrected chi connectivity index (χ2v) is 7.62. The van der Waals surface area contributed by atoms with Crippen LogP contribution in [0, 0.1) is 6.92 Å². The van der Waals surface area contributed by atoms with E-state index in [-0.39, 0.29) is 11.7 Å². The largest absolute Gasteiger partial charge is 0.467 e. The van der Waals surface area contributed by atoms with Crippen LogP contribution in [0.5, 0.6) is 0 Å². The van der Waals surface area contributed by atoms with Crippen molar-refractivity contribution in [1.82, 2.24) is 14.8 Å². The molecule has 29 heavy (non-hydrogen) atoms. The molecule has 0 bridgehead atoms. The number of thioether (sulfide) groups is 1. The average molecular weight is 429 g/mol. The topological polar surface area (TPSA) is 86.1 Å². The lowest BCUT2D eigenvalue weighted by molar-refractivity contribution is -0.113. The minimum atomic E-state index is -0.160. The van der Waals surface area contributed by atoms with Crippen LogP contribution in [0.25, 0.3) is 11.6 Å². The highest BCUT2D eigenvalue weighted by Crippen LogP contribution is 2.26. The summed E-state index contributed by atoms with van der Waals surface area (Å²) in [5.41, 5.74) is 1.63. The van der Waals surface area contributed by atoms with Crippen LogP contribution in [0.15, 0.2) is 69.0 Å². The quantitative estimate of drug-likeness (QED) is 0.422. The molecule has 1 amide bonds. The van der Waals surface area contributed by atoms with Crippen LogP contribution in [0.2, 0.25) is 5.02 Å². The molecule has 0 spiro atoms. The molecule has 4 aromatic rings. The van der Waals surface area contributed by atoms with Crippen LogP contribution in [0.1, 0.15) is 11.3 Å². The van der Waals surface area contributed by atoms with Crippen molar-refractivity contribution in [1.29, 1.82) is 0 Å². The number of rotatable bonds is 7. The summed E-state index contributed by atoms with van der Waals surface area (Å²) in [5.74, 6) is 1.92. The van der Waals surface area contributed by atoms with E-state index >= 15 is 0 Å². The summed E-state index contributed by atoms with van der Waals surface area (Å²) in [7, 11) is 0. The van der Waals surface area contributed by atoms with Crippen LogP contribution in [0.4, 0.5) is 5.69 Å². The molecular formula is C20H17ClN4O3S. The number of carbonyl (C=O) groups excluding carboxylic acids is 1. The Kier molecular flexibility index (Phi) is 5.73. The molecule has 148 valence electrons. The predicted octanol–water partition coefficient (Wildman–Crippen LogP) is 4.87. The Morgan fingerprint density at radius 3 is 2.76 bits per heavy atom. The first-order chi connectivity index (χ1) is 14.1. The highest BCUT2D eigenvalue weighted by atomic mass is 35.5. The second kappa shape index (κ2) is 8.59. The zero-order valence-electron chi connectivity index (χ0n) is 15.5. The van der Waals surface area contributed by atoms with Gasteiger partial charge >= 0.3 is 0 Å². The number of nitrogens with zero attached hydrogens (tertiary/aromatic N) is 3. The van der Waals surface area contributed by atoms with Gasteiger partial charge in [-0.3, -0.25) is 9.36 Å². The van der Waals surface area contributed by atoms with E-state index in [1.165, 1.54) is 11.8 Å². The molecule has 1 N–H and O–H groups in total. The van der Waals surface area contributed by atoms with E-state index in [0.29, 0.717) is 34.0 Å². The number of nitrogens with one attached hydrogen (secondary N) is 1. The van der Waals surface area contributed by atoms with Gasteiger partial charge in [-0.05, 0) is 48.9 Å². The molecule has 7 nitrogen and oxygen atoms in total. The van der Waals surface area contributed by atoms with Crippen molar-refractivity contribution < 1.29 is 13.6 Å². The van der Waals surface area contributed by atoms with Gasteiger partial charge in [-0.25, -0.2) is 0 Å². The third kappa shape index (κ3) is 4.55. The molecule has 1 aromatic carbocycles. The molecule has 0 atom stereocenters. The van der Waals surface area contributed by atoms with E-state index in [1.54, 1.807) is 30.7 Å². The Morgan fingerprint density at radius 2 is 2.00 bits per heavy atom. The Hall–Kier alpha value is -2.97. The maximum absolute atomic E-state index is 12.4. The van der Waals surface area contributed by atoms with Gasteiger partial charge in [0.1, 0.15) is 5.76 Å². The highest BCUT2D eigenvalue weighted by Gasteiger charge is 2.18. The van der Waals surface area contributed by atoms with Gasteiger partial charge in [0, 0.05) is 10.7 Å². The van der Waals surface area contributed by atoms with Gasteiger partial charge in [0.25, 0.3) is 0 Å². The normalized spacial score (nSPS) is 11.0. The molecule has 9 heteroatoms. The van der Waals surface area contributed by atoms with Crippen LogP contribution >= 0.6 is 23.4 Å². The maximum atomic E-state index is 12.4. The minimum Gasteiger partial charge on any atom is -0.467 e. The van der Waals surface area contributed by atoms with E-state index in [0.717, 1.165) is 11.3 Å². The van der Waals surface area contributed by atoms with Crippen molar-refractivity contribution in [2.75, 3.05) is 11.1 Å². The summed E-state index contributed by atoms with van der Waals surface area (Å²) < 4.78 is 12.8. The minimum absolute atomic E-state index is 0.160. The third-order valence-corrected chi connectivity index (χ3v) is 5.36. The molecule has 4 rings (SSSR count). The second-order valence-electron chi connectivity index (χ2n) is 6.25. The molecule has 0 aliphatic carbocycles. The standard InChI is InChI=1S/C20H17ClN4O3S/c1-13-6-7-14(21)10-16(13)22-18(26)12-29-20-24-23-19(17-5-3-9-28-17)25(20)11-15-4-2-8-27-15/h2-10H,11-12H2,1H3,(H,22,26). The Balaban J connectivity index is 1.51. The third-order valence-electron chi connectivity index (χ3n) is 4.16.